The topological polar surface area (TPSA) is 94.2 Å². The third kappa shape index (κ3) is 4.30. The fourth-order valence-electron chi connectivity index (χ4n) is 2.86. The molecule has 1 fully saturated rings. The molecule has 1 aliphatic rings. The van der Waals surface area contributed by atoms with Gasteiger partial charge in [-0.3, -0.25) is 4.79 Å². The minimum absolute atomic E-state index is 0. The van der Waals surface area contributed by atoms with E-state index in [9.17, 15) is 9.90 Å². The molecule has 1 aromatic rings. The lowest BCUT2D eigenvalue weighted by atomic mass is 9.97. The quantitative estimate of drug-likeness (QED) is 0.777. The number of benzene rings is 1. The highest BCUT2D eigenvalue weighted by Crippen LogP contribution is 2.35. The SMILES string of the molecule is COc1ccc([C@@H]2[C@@H](CO)OCCN2C(=O)CCN)cc1OC.Cl. The first-order chi connectivity index (χ1) is 11.2. The minimum atomic E-state index is -0.483. The second-order valence-electron chi connectivity index (χ2n) is 5.28. The summed E-state index contributed by atoms with van der Waals surface area (Å²) >= 11 is 0. The molecule has 1 aromatic carbocycles. The van der Waals surface area contributed by atoms with Gasteiger partial charge in [-0.2, -0.15) is 0 Å². The van der Waals surface area contributed by atoms with E-state index < -0.39 is 6.10 Å². The van der Waals surface area contributed by atoms with Gasteiger partial charge < -0.3 is 30.0 Å². The van der Waals surface area contributed by atoms with Gasteiger partial charge in [-0.1, -0.05) is 6.07 Å². The van der Waals surface area contributed by atoms with Gasteiger partial charge in [-0.05, 0) is 17.7 Å². The Bertz CT molecular complexity index is 543. The van der Waals surface area contributed by atoms with Crippen LogP contribution in [0.15, 0.2) is 18.2 Å². The van der Waals surface area contributed by atoms with Gasteiger partial charge >= 0.3 is 0 Å². The summed E-state index contributed by atoms with van der Waals surface area (Å²) in [5.41, 5.74) is 6.33. The summed E-state index contributed by atoms with van der Waals surface area (Å²) in [6.07, 6.45) is -0.217. The van der Waals surface area contributed by atoms with E-state index in [2.05, 4.69) is 0 Å². The Hall–Kier alpha value is -1.54. The van der Waals surface area contributed by atoms with E-state index in [-0.39, 0.29) is 37.4 Å². The largest absolute Gasteiger partial charge is 0.493 e. The molecule has 0 unspecified atom stereocenters. The third-order valence-corrected chi connectivity index (χ3v) is 3.96. The molecule has 0 bridgehead atoms. The molecule has 1 aliphatic heterocycles. The molecule has 1 saturated heterocycles. The lowest BCUT2D eigenvalue weighted by Crippen LogP contribution is -2.49. The van der Waals surface area contributed by atoms with Gasteiger partial charge in [0.05, 0.1) is 33.5 Å². The molecule has 0 radical (unpaired) electrons. The van der Waals surface area contributed by atoms with Crippen molar-refractivity contribution in [3.05, 3.63) is 23.8 Å². The Balaban J connectivity index is 0.00000288. The van der Waals surface area contributed by atoms with E-state index >= 15 is 0 Å². The Kier molecular flexibility index (Phi) is 8.27. The molecule has 2 rings (SSSR count). The molecule has 3 N–H and O–H groups in total. The second kappa shape index (κ2) is 9.68. The van der Waals surface area contributed by atoms with Gasteiger partial charge in [0.25, 0.3) is 0 Å². The molecule has 1 heterocycles. The Labute approximate surface area is 148 Å². The first-order valence-electron chi connectivity index (χ1n) is 7.60. The highest BCUT2D eigenvalue weighted by molar-refractivity contribution is 5.85. The fraction of sp³-hybridized carbons (Fsp3) is 0.562. The monoisotopic (exact) mass is 360 g/mol. The molecular formula is C16H25ClN2O5. The third-order valence-electron chi connectivity index (χ3n) is 3.96. The van der Waals surface area contributed by atoms with Crippen molar-refractivity contribution >= 4 is 18.3 Å². The molecule has 2 atom stereocenters. The van der Waals surface area contributed by atoms with Crippen molar-refractivity contribution in [1.82, 2.24) is 4.90 Å². The van der Waals surface area contributed by atoms with Crippen molar-refractivity contribution in [3.63, 3.8) is 0 Å². The normalized spacial score (nSPS) is 20.2. The van der Waals surface area contributed by atoms with E-state index in [1.807, 2.05) is 12.1 Å². The summed E-state index contributed by atoms with van der Waals surface area (Å²) in [6.45, 7) is 0.976. The van der Waals surface area contributed by atoms with Crippen LogP contribution in [0.4, 0.5) is 0 Å². The zero-order valence-corrected chi connectivity index (χ0v) is 14.8. The second-order valence-corrected chi connectivity index (χ2v) is 5.28. The highest BCUT2D eigenvalue weighted by atomic mass is 35.5. The van der Waals surface area contributed by atoms with E-state index in [4.69, 9.17) is 19.9 Å². The Morgan fingerprint density at radius 1 is 1.38 bits per heavy atom. The van der Waals surface area contributed by atoms with Crippen LogP contribution in [0.2, 0.25) is 0 Å². The number of carbonyl (C=O) groups is 1. The lowest BCUT2D eigenvalue weighted by molar-refractivity contribution is -0.149. The van der Waals surface area contributed by atoms with Crippen LogP contribution in [-0.4, -0.2) is 62.5 Å². The zero-order valence-electron chi connectivity index (χ0n) is 13.9. The number of nitrogens with zero attached hydrogens (tertiary/aromatic N) is 1. The molecular weight excluding hydrogens is 336 g/mol. The van der Waals surface area contributed by atoms with E-state index in [0.29, 0.717) is 31.2 Å². The average Bonchev–Trinajstić information content (AvgIpc) is 2.60. The number of hydrogen-bond donors (Lipinski definition) is 2. The van der Waals surface area contributed by atoms with Crippen LogP contribution in [-0.2, 0) is 9.53 Å². The summed E-state index contributed by atoms with van der Waals surface area (Å²) in [5, 5.41) is 9.64. The van der Waals surface area contributed by atoms with Gasteiger partial charge in [-0.15, -0.1) is 12.4 Å². The van der Waals surface area contributed by atoms with Crippen molar-refractivity contribution in [1.29, 1.82) is 0 Å². The van der Waals surface area contributed by atoms with Gasteiger partial charge in [0.2, 0.25) is 5.91 Å². The number of rotatable bonds is 6. The summed E-state index contributed by atoms with van der Waals surface area (Å²) in [7, 11) is 3.12. The average molecular weight is 361 g/mol. The number of morpholine rings is 1. The molecule has 24 heavy (non-hydrogen) atoms. The van der Waals surface area contributed by atoms with Crippen LogP contribution in [0.25, 0.3) is 0 Å². The molecule has 1 amide bonds. The Morgan fingerprint density at radius 2 is 2.08 bits per heavy atom. The maximum Gasteiger partial charge on any atom is 0.224 e. The first kappa shape index (κ1) is 20.5. The summed E-state index contributed by atoms with van der Waals surface area (Å²) < 4.78 is 16.2. The molecule has 136 valence electrons. The van der Waals surface area contributed by atoms with Crippen molar-refractivity contribution in [2.24, 2.45) is 5.73 Å². The van der Waals surface area contributed by atoms with Crippen molar-refractivity contribution < 1.29 is 24.1 Å². The van der Waals surface area contributed by atoms with E-state index in [0.717, 1.165) is 5.56 Å². The van der Waals surface area contributed by atoms with Gasteiger partial charge in [0, 0.05) is 19.5 Å². The van der Waals surface area contributed by atoms with Crippen molar-refractivity contribution in [2.45, 2.75) is 18.6 Å². The van der Waals surface area contributed by atoms with Crippen LogP contribution in [0.5, 0.6) is 11.5 Å². The number of methoxy groups -OCH3 is 2. The molecule has 0 aliphatic carbocycles. The molecule has 8 heteroatoms. The zero-order chi connectivity index (χ0) is 16.8. The number of hydrogen-bond acceptors (Lipinski definition) is 6. The number of nitrogens with two attached hydrogens (primary N) is 1. The fourth-order valence-corrected chi connectivity index (χ4v) is 2.86. The van der Waals surface area contributed by atoms with Gasteiger partial charge in [-0.25, -0.2) is 0 Å². The maximum absolute atomic E-state index is 12.4. The lowest BCUT2D eigenvalue weighted by Gasteiger charge is -2.41. The van der Waals surface area contributed by atoms with E-state index in [1.54, 1.807) is 25.2 Å². The highest BCUT2D eigenvalue weighted by Gasteiger charge is 2.36. The number of aliphatic hydroxyl groups is 1. The van der Waals surface area contributed by atoms with Crippen molar-refractivity contribution in [3.8, 4) is 11.5 Å². The van der Waals surface area contributed by atoms with Crippen molar-refractivity contribution in [2.75, 3.05) is 40.5 Å². The van der Waals surface area contributed by atoms with Crippen LogP contribution < -0.4 is 15.2 Å². The van der Waals surface area contributed by atoms with Gasteiger partial charge in [0.15, 0.2) is 11.5 Å². The predicted molar refractivity (Wildman–Crippen MR) is 91.7 cm³/mol. The predicted octanol–water partition coefficient (Wildman–Crippen LogP) is 0.735. The number of halogens is 1. The molecule has 0 aromatic heterocycles. The first-order valence-corrected chi connectivity index (χ1v) is 7.60. The number of carbonyl (C=O) groups excluding carboxylic acids is 1. The number of amides is 1. The summed E-state index contributed by atoms with van der Waals surface area (Å²) in [6, 6.07) is 5.06. The number of ether oxygens (including phenoxy) is 3. The van der Waals surface area contributed by atoms with Crippen LogP contribution in [0.3, 0.4) is 0 Å². The molecule has 0 spiro atoms. The summed E-state index contributed by atoms with van der Waals surface area (Å²) in [4.78, 5) is 14.1. The van der Waals surface area contributed by atoms with Crippen LogP contribution >= 0.6 is 12.4 Å². The minimum Gasteiger partial charge on any atom is -0.493 e. The maximum atomic E-state index is 12.4. The van der Waals surface area contributed by atoms with Crippen LogP contribution in [0, 0.1) is 0 Å². The molecule has 7 nitrogen and oxygen atoms in total. The molecule has 0 saturated carbocycles. The Morgan fingerprint density at radius 3 is 2.67 bits per heavy atom. The van der Waals surface area contributed by atoms with Crippen LogP contribution in [0.1, 0.15) is 18.0 Å². The standard InChI is InChI=1S/C16H24N2O5.ClH/c1-21-12-4-3-11(9-13(12)22-2)16-14(10-19)23-8-7-18(16)15(20)5-6-17;/h3-4,9,14,16,19H,5-8,10,17H2,1-2H3;1H/t14-,16-;/m1./s1. The van der Waals surface area contributed by atoms with E-state index in [1.165, 1.54) is 0 Å². The smallest absolute Gasteiger partial charge is 0.224 e. The number of aliphatic hydroxyl groups excluding tert-OH is 1. The van der Waals surface area contributed by atoms with Gasteiger partial charge in [0.1, 0.15) is 6.10 Å². The summed E-state index contributed by atoms with van der Waals surface area (Å²) in [5.74, 6) is 1.13.